The molecule has 2 atom stereocenters. The van der Waals surface area contributed by atoms with E-state index in [-0.39, 0.29) is 24.1 Å². The molecular weight excluding hydrogens is 184 g/mol. The van der Waals surface area contributed by atoms with Gasteiger partial charge in [0.25, 0.3) is 0 Å². The van der Waals surface area contributed by atoms with Crippen molar-refractivity contribution in [2.24, 2.45) is 0 Å². The fourth-order valence-electron chi connectivity index (χ4n) is 2.21. The van der Waals surface area contributed by atoms with Crippen LogP contribution in [0, 0.1) is 0 Å². The van der Waals surface area contributed by atoms with Crippen molar-refractivity contribution in [1.29, 1.82) is 0 Å². The van der Waals surface area contributed by atoms with Crippen molar-refractivity contribution in [3.8, 4) is 0 Å². The number of amides is 1. The van der Waals surface area contributed by atoms with E-state index in [0.29, 0.717) is 6.54 Å². The average molecular weight is 198 g/mol. The number of nitrogens with zero attached hydrogens (tertiary/aromatic N) is 1. The maximum atomic E-state index is 11.5. The molecule has 0 spiro atoms. The van der Waals surface area contributed by atoms with E-state index in [9.17, 15) is 9.59 Å². The minimum Gasteiger partial charge on any atom is -0.467 e. The Morgan fingerprint density at radius 3 is 3.07 bits per heavy atom. The lowest BCUT2D eigenvalue weighted by Crippen LogP contribution is -2.51. The molecule has 2 fully saturated rings. The molecule has 14 heavy (non-hydrogen) atoms. The van der Waals surface area contributed by atoms with Crippen molar-refractivity contribution in [2.75, 3.05) is 13.7 Å². The minimum atomic E-state index is -0.374. The summed E-state index contributed by atoms with van der Waals surface area (Å²) in [6, 6.07) is -0.374. The smallest absolute Gasteiger partial charge is 0.328 e. The van der Waals surface area contributed by atoms with Gasteiger partial charge in [-0.25, -0.2) is 4.79 Å². The van der Waals surface area contributed by atoms with Gasteiger partial charge in [-0.2, -0.15) is 0 Å². The quantitative estimate of drug-likeness (QED) is 0.575. The maximum Gasteiger partial charge on any atom is 0.328 e. The first-order valence-corrected chi connectivity index (χ1v) is 4.86. The molecule has 0 saturated carbocycles. The molecular formula is C9H14N2O3. The first kappa shape index (κ1) is 9.45. The summed E-state index contributed by atoms with van der Waals surface area (Å²) < 4.78 is 4.69. The van der Waals surface area contributed by atoms with E-state index >= 15 is 0 Å². The Morgan fingerprint density at radius 2 is 2.36 bits per heavy atom. The number of methoxy groups -OCH3 is 1. The van der Waals surface area contributed by atoms with Crippen LogP contribution in [0.4, 0.5) is 0 Å². The van der Waals surface area contributed by atoms with Crippen LogP contribution < -0.4 is 5.32 Å². The monoisotopic (exact) mass is 198 g/mol. The van der Waals surface area contributed by atoms with Crippen molar-refractivity contribution in [3.05, 3.63) is 0 Å². The Labute approximate surface area is 82.4 Å². The van der Waals surface area contributed by atoms with E-state index in [1.807, 2.05) is 0 Å². The number of carbonyl (C=O) groups excluding carboxylic acids is 2. The van der Waals surface area contributed by atoms with Gasteiger partial charge in [0.2, 0.25) is 5.91 Å². The van der Waals surface area contributed by atoms with Crippen LogP contribution in [-0.2, 0) is 14.3 Å². The van der Waals surface area contributed by atoms with E-state index < -0.39 is 0 Å². The third-order valence-corrected chi connectivity index (χ3v) is 2.88. The number of esters is 1. The second-order valence-electron chi connectivity index (χ2n) is 3.67. The number of carbonyl (C=O) groups is 2. The third kappa shape index (κ3) is 1.37. The lowest BCUT2D eigenvalue weighted by molar-refractivity contribution is -0.154. The Hall–Kier alpha value is -1.10. The summed E-state index contributed by atoms with van der Waals surface area (Å²) in [5, 5.41) is 3.09. The van der Waals surface area contributed by atoms with E-state index in [2.05, 4.69) is 10.1 Å². The van der Waals surface area contributed by atoms with Crippen molar-refractivity contribution in [2.45, 2.75) is 31.5 Å². The number of hydrogen-bond donors (Lipinski definition) is 1. The number of hydrogen-bond acceptors (Lipinski definition) is 4. The zero-order chi connectivity index (χ0) is 10.1. The summed E-state index contributed by atoms with van der Waals surface area (Å²) in [5.74, 6) is -0.295. The molecule has 0 aliphatic carbocycles. The number of piperidine rings is 1. The normalized spacial score (nSPS) is 31.5. The fourth-order valence-corrected chi connectivity index (χ4v) is 2.21. The molecule has 0 aromatic carbocycles. The number of nitrogens with one attached hydrogen (secondary N) is 1. The molecule has 5 heteroatoms. The van der Waals surface area contributed by atoms with Crippen LogP contribution >= 0.6 is 0 Å². The van der Waals surface area contributed by atoms with Crippen molar-refractivity contribution in [3.63, 3.8) is 0 Å². The molecule has 5 nitrogen and oxygen atoms in total. The van der Waals surface area contributed by atoms with Gasteiger partial charge in [-0.1, -0.05) is 0 Å². The van der Waals surface area contributed by atoms with Gasteiger partial charge in [0.15, 0.2) is 0 Å². The highest BCUT2D eigenvalue weighted by Gasteiger charge is 2.42. The topological polar surface area (TPSA) is 58.6 Å². The van der Waals surface area contributed by atoms with Crippen LogP contribution in [0.1, 0.15) is 19.3 Å². The number of ether oxygens (including phenoxy) is 1. The van der Waals surface area contributed by atoms with Gasteiger partial charge in [-0.3, -0.25) is 10.1 Å². The lowest BCUT2D eigenvalue weighted by atomic mass is 10.0. The van der Waals surface area contributed by atoms with Crippen LogP contribution in [0.3, 0.4) is 0 Å². The Bertz CT molecular complexity index is 267. The molecule has 78 valence electrons. The second-order valence-corrected chi connectivity index (χ2v) is 3.67. The summed E-state index contributed by atoms with van der Waals surface area (Å²) in [6.07, 6.45) is 2.65. The van der Waals surface area contributed by atoms with Crippen molar-refractivity contribution in [1.82, 2.24) is 10.2 Å². The second kappa shape index (κ2) is 3.57. The highest BCUT2D eigenvalue weighted by molar-refractivity contribution is 5.87. The first-order valence-electron chi connectivity index (χ1n) is 4.86. The zero-order valence-electron chi connectivity index (χ0n) is 8.16. The van der Waals surface area contributed by atoms with Crippen LogP contribution in [0.2, 0.25) is 0 Å². The fraction of sp³-hybridized carbons (Fsp3) is 0.778. The van der Waals surface area contributed by atoms with Gasteiger partial charge >= 0.3 is 5.97 Å². The molecule has 2 saturated heterocycles. The Balaban J connectivity index is 2.16. The molecule has 2 aliphatic heterocycles. The largest absolute Gasteiger partial charge is 0.467 e. The molecule has 0 aromatic rings. The SMILES string of the molecule is COC(=O)[C@@H]1CCC[C@H]2NCC(=O)N21. The van der Waals surface area contributed by atoms with Gasteiger partial charge in [0.1, 0.15) is 6.04 Å². The molecule has 1 amide bonds. The standard InChI is InChI=1S/C9H14N2O3/c1-14-9(13)6-3-2-4-7-10-5-8(12)11(6)7/h6-7,10H,2-5H2,1H3/t6-,7-/m0/s1. The minimum absolute atomic E-state index is 0.00472. The summed E-state index contributed by atoms with van der Waals surface area (Å²) >= 11 is 0. The molecule has 0 unspecified atom stereocenters. The first-order chi connectivity index (χ1) is 6.74. The Morgan fingerprint density at radius 1 is 1.57 bits per heavy atom. The van der Waals surface area contributed by atoms with Gasteiger partial charge in [0.05, 0.1) is 19.8 Å². The van der Waals surface area contributed by atoms with E-state index in [1.165, 1.54) is 7.11 Å². The van der Waals surface area contributed by atoms with Gasteiger partial charge in [0, 0.05) is 0 Å². The summed E-state index contributed by atoms with van der Waals surface area (Å²) in [6.45, 7) is 0.345. The van der Waals surface area contributed by atoms with Crippen molar-refractivity contribution < 1.29 is 14.3 Å². The lowest BCUT2D eigenvalue weighted by Gasteiger charge is -2.35. The number of rotatable bonds is 1. The van der Waals surface area contributed by atoms with Crippen LogP contribution in [0.5, 0.6) is 0 Å². The van der Waals surface area contributed by atoms with Crippen LogP contribution in [0.25, 0.3) is 0 Å². The maximum absolute atomic E-state index is 11.5. The molecule has 2 aliphatic rings. The van der Waals surface area contributed by atoms with Crippen LogP contribution in [0.15, 0.2) is 0 Å². The number of fused-ring (bicyclic) bond motifs is 1. The summed E-state index contributed by atoms with van der Waals surface area (Å²) in [7, 11) is 1.36. The molecule has 0 radical (unpaired) electrons. The van der Waals surface area contributed by atoms with Crippen LogP contribution in [-0.4, -0.2) is 42.6 Å². The van der Waals surface area contributed by atoms with Gasteiger partial charge in [-0.05, 0) is 19.3 Å². The summed E-state index contributed by atoms with van der Waals surface area (Å²) in [4.78, 5) is 24.5. The molecule has 2 heterocycles. The van der Waals surface area contributed by atoms with Gasteiger partial charge in [-0.15, -0.1) is 0 Å². The average Bonchev–Trinajstić information content (AvgIpc) is 2.59. The highest BCUT2D eigenvalue weighted by Crippen LogP contribution is 2.25. The van der Waals surface area contributed by atoms with Crippen molar-refractivity contribution >= 4 is 11.9 Å². The third-order valence-electron chi connectivity index (χ3n) is 2.88. The predicted molar refractivity (Wildman–Crippen MR) is 48.3 cm³/mol. The van der Waals surface area contributed by atoms with E-state index in [1.54, 1.807) is 4.90 Å². The molecule has 2 rings (SSSR count). The van der Waals surface area contributed by atoms with Gasteiger partial charge < -0.3 is 9.64 Å². The highest BCUT2D eigenvalue weighted by atomic mass is 16.5. The van der Waals surface area contributed by atoms with E-state index in [0.717, 1.165) is 19.3 Å². The van der Waals surface area contributed by atoms with E-state index in [4.69, 9.17) is 0 Å². The molecule has 1 N–H and O–H groups in total. The molecule has 0 bridgehead atoms. The zero-order valence-corrected chi connectivity index (χ0v) is 8.16. The Kier molecular flexibility index (Phi) is 2.41. The summed E-state index contributed by atoms with van der Waals surface area (Å²) in [5.41, 5.74) is 0. The predicted octanol–water partition coefficient (Wildman–Crippen LogP) is -0.530. The molecule has 0 aromatic heterocycles.